The molecular weight excluding hydrogens is 314 g/mol. The molecule has 0 spiro atoms. The zero-order valence-electron chi connectivity index (χ0n) is 13.9. The number of hydrogen-bond donors (Lipinski definition) is 1. The molecule has 6 nitrogen and oxygen atoms in total. The molecule has 1 N–H and O–H groups in total. The van der Waals surface area contributed by atoms with Crippen LogP contribution in [-0.4, -0.2) is 76.2 Å². The van der Waals surface area contributed by atoms with Crippen LogP contribution in [0.1, 0.15) is 17.3 Å². The molecule has 0 aliphatic carbocycles. The summed E-state index contributed by atoms with van der Waals surface area (Å²) in [5.41, 5.74) is 0.475. The van der Waals surface area contributed by atoms with Crippen LogP contribution in [-0.2, 0) is 9.84 Å². The highest BCUT2D eigenvalue weighted by Crippen LogP contribution is 2.10. The van der Waals surface area contributed by atoms with E-state index >= 15 is 0 Å². The summed E-state index contributed by atoms with van der Waals surface area (Å²) in [7, 11) is -1.12. The summed E-state index contributed by atoms with van der Waals surface area (Å²) >= 11 is 0. The second kappa shape index (κ2) is 7.42. The number of sulfone groups is 1. The van der Waals surface area contributed by atoms with Crippen LogP contribution in [0.3, 0.4) is 0 Å². The minimum absolute atomic E-state index is 0.175. The van der Waals surface area contributed by atoms with Crippen LogP contribution in [0.15, 0.2) is 29.2 Å². The fourth-order valence-corrected chi connectivity index (χ4v) is 3.22. The van der Waals surface area contributed by atoms with Crippen LogP contribution in [0.25, 0.3) is 0 Å². The molecule has 23 heavy (non-hydrogen) atoms. The highest BCUT2D eigenvalue weighted by molar-refractivity contribution is 7.90. The van der Waals surface area contributed by atoms with E-state index in [0.29, 0.717) is 12.1 Å². The quantitative estimate of drug-likeness (QED) is 0.844. The molecule has 1 saturated heterocycles. The topological polar surface area (TPSA) is 69.7 Å². The van der Waals surface area contributed by atoms with Crippen LogP contribution < -0.4 is 5.32 Å². The van der Waals surface area contributed by atoms with Gasteiger partial charge in [-0.1, -0.05) is 0 Å². The van der Waals surface area contributed by atoms with Gasteiger partial charge in [0.1, 0.15) is 0 Å². The van der Waals surface area contributed by atoms with E-state index in [-0.39, 0.29) is 16.8 Å². The Morgan fingerprint density at radius 3 is 2.26 bits per heavy atom. The third-order valence-corrected chi connectivity index (χ3v) is 5.39. The molecule has 0 saturated carbocycles. The first-order chi connectivity index (χ1) is 10.8. The lowest BCUT2D eigenvalue weighted by molar-refractivity contribution is 0.0903. The van der Waals surface area contributed by atoms with Gasteiger partial charge in [0.05, 0.1) is 4.90 Å². The average molecular weight is 339 g/mol. The Hall–Kier alpha value is -1.44. The van der Waals surface area contributed by atoms with Gasteiger partial charge in [-0.3, -0.25) is 9.69 Å². The summed E-state index contributed by atoms with van der Waals surface area (Å²) in [6, 6.07) is 6.31. The van der Waals surface area contributed by atoms with Crippen molar-refractivity contribution in [3.63, 3.8) is 0 Å². The number of benzene rings is 1. The summed E-state index contributed by atoms with van der Waals surface area (Å²) in [6.07, 6.45) is 1.15. The Kier molecular flexibility index (Phi) is 5.78. The molecular formula is C16H25N3O3S. The largest absolute Gasteiger partial charge is 0.350 e. The Morgan fingerprint density at radius 1 is 1.17 bits per heavy atom. The molecule has 1 aliphatic heterocycles. The maximum atomic E-state index is 12.2. The van der Waals surface area contributed by atoms with Gasteiger partial charge in [0.2, 0.25) is 0 Å². The highest BCUT2D eigenvalue weighted by Gasteiger charge is 2.19. The number of piperazine rings is 1. The van der Waals surface area contributed by atoms with E-state index in [4.69, 9.17) is 0 Å². The van der Waals surface area contributed by atoms with Gasteiger partial charge in [-0.15, -0.1) is 0 Å². The van der Waals surface area contributed by atoms with Gasteiger partial charge in [0.25, 0.3) is 5.91 Å². The maximum absolute atomic E-state index is 12.2. The van der Waals surface area contributed by atoms with E-state index in [1.165, 1.54) is 12.1 Å². The minimum atomic E-state index is -3.23. The van der Waals surface area contributed by atoms with Gasteiger partial charge in [0.15, 0.2) is 9.84 Å². The second-order valence-corrected chi connectivity index (χ2v) is 8.21. The third-order valence-electron chi connectivity index (χ3n) is 4.26. The van der Waals surface area contributed by atoms with Crippen molar-refractivity contribution >= 4 is 15.7 Å². The summed E-state index contributed by atoms with van der Waals surface area (Å²) in [4.78, 5) is 17.0. The van der Waals surface area contributed by atoms with Crippen LogP contribution in [0, 0.1) is 0 Å². The first-order valence-corrected chi connectivity index (χ1v) is 9.67. The standard InChI is InChI=1S/C16H25N3O3S/c1-13(19-10-8-18(2)9-11-19)12-17-16(20)14-4-6-15(7-5-14)23(3,21)22/h4-7,13H,8-12H2,1-3H3,(H,17,20)/t13-/m1/s1. The van der Waals surface area contributed by atoms with Crippen LogP contribution in [0.2, 0.25) is 0 Å². The van der Waals surface area contributed by atoms with Gasteiger partial charge < -0.3 is 10.2 Å². The van der Waals surface area contributed by atoms with Crippen molar-refractivity contribution in [2.45, 2.75) is 17.9 Å². The van der Waals surface area contributed by atoms with Gasteiger partial charge in [-0.2, -0.15) is 0 Å². The Labute approximate surface area is 138 Å². The molecule has 0 aromatic heterocycles. The minimum Gasteiger partial charge on any atom is -0.350 e. The molecule has 1 atom stereocenters. The number of carbonyl (C=O) groups is 1. The molecule has 0 radical (unpaired) electrons. The summed E-state index contributed by atoms with van der Waals surface area (Å²) in [6.45, 7) is 6.80. The lowest BCUT2D eigenvalue weighted by atomic mass is 10.2. The molecule has 2 rings (SSSR count). The average Bonchev–Trinajstić information content (AvgIpc) is 2.52. The third kappa shape index (κ3) is 5.02. The number of carbonyl (C=O) groups excluding carboxylic acids is 1. The molecule has 1 aromatic rings. The number of nitrogens with one attached hydrogen (secondary N) is 1. The van der Waals surface area contributed by atoms with E-state index in [2.05, 4.69) is 29.1 Å². The molecule has 1 aromatic carbocycles. The fourth-order valence-electron chi connectivity index (χ4n) is 2.59. The first-order valence-electron chi connectivity index (χ1n) is 7.78. The Balaban J connectivity index is 1.87. The molecule has 128 valence electrons. The van der Waals surface area contributed by atoms with Crippen molar-refractivity contribution in [3.05, 3.63) is 29.8 Å². The summed E-state index contributed by atoms with van der Waals surface area (Å²) in [5, 5.41) is 2.92. The predicted molar refractivity (Wildman–Crippen MR) is 90.4 cm³/mol. The van der Waals surface area contributed by atoms with Gasteiger partial charge in [0, 0.05) is 50.6 Å². The van der Waals surface area contributed by atoms with E-state index in [9.17, 15) is 13.2 Å². The SMILES string of the molecule is C[C@H](CNC(=O)c1ccc(S(C)(=O)=O)cc1)N1CCN(C)CC1. The second-order valence-electron chi connectivity index (χ2n) is 6.19. The molecule has 7 heteroatoms. The van der Waals surface area contributed by atoms with Gasteiger partial charge >= 0.3 is 0 Å². The van der Waals surface area contributed by atoms with Crippen molar-refractivity contribution in [2.24, 2.45) is 0 Å². The zero-order valence-corrected chi connectivity index (χ0v) is 14.8. The molecule has 1 aliphatic rings. The van der Waals surface area contributed by atoms with E-state index < -0.39 is 9.84 Å². The van der Waals surface area contributed by atoms with Crippen molar-refractivity contribution < 1.29 is 13.2 Å². The molecule has 0 bridgehead atoms. The lowest BCUT2D eigenvalue weighted by Crippen LogP contribution is -2.51. The van der Waals surface area contributed by atoms with Crippen molar-refractivity contribution in [1.29, 1.82) is 0 Å². The van der Waals surface area contributed by atoms with Crippen LogP contribution in [0.4, 0.5) is 0 Å². The van der Waals surface area contributed by atoms with Gasteiger partial charge in [-0.25, -0.2) is 8.42 Å². The highest BCUT2D eigenvalue weighted by atomic mass is 32.2. The number of hydrogen-bond acceptors (Lipinski definition) is 5. The number of nitrogens with zero attached hydrogens (tertiary/aromatic N) is 2. The van der Waals surface area contributed by atoms with E-state index in [1.807, 2.05) is 0 Å². The smallest absolute Gasteiger partial charge is 0.251 e. The number of amides is 1. The molecule has 0 unspecified atom stereocenters. The molecule has 1 fully saturated rings. The monoisotopic (exact) mass is 339 g/mol. The fraction of sp³-hybridized carbons (Fsp3) is 0.562. The lowest BCUT2D eigenvalue weighted by Gasteiger charge is -2.36. The normalized spacial score (nSPS) is 18.6. The summed E-state index contributed by atoms with van der Waals surface area (Å²) in [5.74, 6) is -0.175. The predicted octanol–water partition coefficient (Wildman–Crippen LogP) is 0.456. The van der Waals surface area contributed by atoms with Crippen LogP contribution in [0.5, 0.6) is 0 Å². The van der Waals surface area contributed by atoms with Crippen LogP contribution >= 0.6 is 0 Å². The molecule has 1 amide bonds. The zero-order chi connectivity index (χ0) is 17.0. The van der Waals surface area contributed by atoms with E-state index in [1.54, 1.807) is 12.1 Å². The van der Waals surface area contributed by atoms with Crippen molar-refractivity contribution in [2.75, 3.05) is 46.0 Å². The van der Waals surface area contributed by atoms with Crippen molar-refractivity contribution in [3.8, 4) is 0 Å². The van der Waals surface area contributed by atoms with Crippen molar-refractivity contribution in [1.82, 2.24) is 15.1 Å². The first kappa shape index (κ1) is 17.9. The number of rotatable bonds is 5. The van der Waals surface area contributed by atoms with E-state index in [0.717, 1.165) is 32.4 Å². The van der Waals surface area contributed by atoms with Gasteiger partial charge in [-0.05, 0) is 38.2 Å². The summed E-state index contributed by atoms with van der Waals surface area (Å²) < 4.78 is 22.8. The Morgan fingerprint density at radius 2 is 1.74 bits per heavy atom. The Bertz CT molecular complexity index is 635. The molecule has 1 heterocycles. The number of likely N-dealkylation sites (N-methyl/N-ethyl adjacent to an activating group) is 1. The maximum Gasteiger partial charge on any atom is 0.251 e.